The summed E-state index contributed by atoms with van der Waals surface area (Å²) in [5, 5.41) is 0. The molecule has 4 heteroatoms. The maximum Gasteiger partial charge on any atom is 0.229 e. The third-order valence-electron chi connectivity index (χ3n) is 6.24. The van der Waals surface area contributed by atoms with Gasteiger partial charge in [0.1, 0.15) is 5.82 Å². The molecule has 2 bridgehead atoms. The van der Waals surface area contributed by atoms with Gasteiger partial charge in [-0.2, -0.15) is 0 Å². The molecule has 24 heavy (non-hydrogen) atoms. The van der Waals surface area contributed by atoms with Gasteiger partial charge in [-0.3, -0.25) is 4.79 Å². The highest BCUT2D eigenvalue weighted by atomic mass is 16.2. The first-order chi connectivity index (χ1) is 11.8. The number of carbonyl (C=O) groups excluding carboxylic acids is 1. The van der Waals surface area contributed by atoms with Gasteiger partial charge < -0.3 is 9.88 Å². The number of piperidine rings is 1. The second-order valence-corrected chi connectivity index (χ2v) is 7.81. The topological polar surface area (TPSA) is 49.0 Å². The summed E-state index contributed by atoms with van der Waals surface area (Å²) in [6.45, 7) is 0.886. The average molecular weight is 321 g/mol. The van der Waals surface area contributed by atoms with Crippen LogP contribution in [0.5, 0.6) is 0 Å². The van der Waals surface area contributed by atoms with E-state index in [9.17, 15) is 4.79 Å². The molecule has 1 amide bonds. The Morgan fingerprint density at radius 3 is 2.67 bits per heavy atom. The highest BCUT2D eigenvalue weighted by molar-refractivity contribution is 5.86. The number of benzene rings is 1. The summed E-state index contributed by atoms with van der Waals surface area (Å²) < 4.78 is 0. The van der Waals surface area contributed by atoms with E-state index >= 15 is 0 Å². The summed E-state index contributed by atoms with van der Waals surface area (Å²) in [6.07, 6.45) is 8.67. The van der Waals surface area contributed by atoms with E-state index in [0.717, 1.165) is 61.6 Å². The third-order valence-corrected chi connectivity index (χ3v) is 6.24. The zero-order valence-corrected chi connectivity index (χ0v) is 13.9. The fourth-order valence-electron chi connectivity index (χ4n) is 4.77. The van der Waals surface area contributed by atoms with Gasteiger partial charge >= 0.3 is 0 Å². The van der Waals surface area contributed by atoms with Crippen LogP contribution in [0.15, 0.2) is 36.5 Å². The summed E-state index contributed by atoms with van der Waals surface area (Å²) in [7, 11) is 0. The SMILES string of the molecule is O=C(N1CCCCC1c1nc(-c2ccccc2)c[nH]1)C12CC(C1)C2. The maximum atomic E-state index is 13.1. The van der Waals surface area contributed by atoms with Crippen LogP contribution in [0.2, 0.25) is 0 Å². The minimum absolute atomic E-state index is 0.00904. The number of aromatic nitrogens is 2. The van der Waals surface area contributed by atoms with Gasteiger partial charge in [-0.15, -0.1) is 0 Å². The molecule has 1 aromatic carbocycles. The fraction of sp³-hybridized carbons (Fsp3) is 0.500. The van der Waals surface area contributed by atoms with Crippen molar-refractivity contribution >= 4 is 5.91 Å². The zero-order chi connectivity index (χ0) is 16.1. The van der Waals surface area contributed by atoms with Crippen molar-refractivity contribution in [1.82, 2.24) is 14.9 Å². The van der Waals surface area contributed by atoms with Crippen molar-refractivity contribution in [2.24, 2.45) is 11.3 Å². The Bertz CT molecular complexity index is 749. The van der Waals surface area contributed by atoms with E-state index in [1.165, 1.54) is 6.42 Å². The van der Waals surface area contributed by atoms with Crippen molar-refractivity contribution in [2.75, 3.05) is 6.54 Å². The molecule has 1 atom stereocenters. The van der Waals surface area contributed by atoms with Crippen molar-refractivity contribution in [3.63, 3.8) is 0 Å². The summed E-state index contributed by atoms with van der Waals surface area (Å²) in [5.74, 6) is 2.19. The van der Waals surface area contributed by atoms with Gasteiger partial charge in [0, 0.05) is 18.3 Å². The first kappa shape index (κ1) is 14.3. The third kappa shape index (κ3) is 2.05. The lowest BCUT2D eigenvalue weighted by atomic mass is 9.44. The molecule has 2 aromatic rings. The number of aromatic amines is 1. The Balaban J connectivity index is 1.41. The number of likely N-dealkylation sites (tertiary alicyclic amines) is 1. The molecule has 0 radical (unpaired) electrons. The fourth-order valence-corrected chi connectivity index (χ4v) is 4.77. The quantitative estimate of drug-likeness (QED) is 0.931. The van der Waals surface area contributed by atoms with Gasteiger partial charge in [-0.25, -0.2) is 4.98 Å². The minimum Gasteiger partial charge on any atom is -0.346 e. The van der Waals surface area contributed by atoms with Gasteiger partial charge in [0.15, 0.2) is 0 Å². The zero-order valence-electron chi connectivity index (χ0n) is 13.9. The van der Waals surface area contributed by atoms with Gasteiger partial charge in [0.25, 0.3) is 0 Å². The molecule has 0 spiro atoms. The normalized spacial score (nSPS) is 31.2. The molecule has 4 fully saturated rings. The number of carbonyl (C=O) groups is 1. The Morgan fingerprint density at radius 1 is 1.17 bits per heavy atom. The van der Waals surface area contributed by atoms with E-state index in [1.807, 2.05) is 24.4 Å². The number of amides is 1. The molecule has 1 N–H and O–H groups in total. The van der Waals surface area contributed by atoms with Gasteiger partial charge in [0.05, 0.1) is 17.2 Å². The summed E-state index contributed by atoms with van der Waals surface area (Å²) >= 11 is 0. The van der Waals surface area contributed by atoms with E-state index in [1.54, 1.807) is 0 Å². The molecule has 124 valence electrons. The second-order valence-electron chi connectivity index (χ2n) is 7.81. The van der Waals surface area contributed by atoms with E-state index in [0.29, 0.717) is 5.91 Å². The van der Waals surface area contributed by atoms with Crippen LogP contribution in [0.3, 0.4) is 0 Å². The first-order valence-corrected chi connectivity index (χ1v) is 9.17. The van der Waals surface area contributed by atoms with Crippen molar-refractivity contribution < 1.29 is 4.79 Å². The average Bonchev–Trinajstić information content (AvgIpc) is 3.02. The van der Waals surface area contributed by atoms with E-state index in [4.69, 9.17) is 4.98 Å². The number of hydrogen-bond donors (Lipinski definition) is 1. The molecule has 1 saturated heterocycles. The number of nitrogens with zero attached hydrogens (tertiary/aromatic N) is 2. The molecule has 4 aliphatic rings. The number of imidazole rings is 1. The van der Waals surface area contributed by atoms with Crippen LogP contribution < -0.4 is 0 Å². The molecule has 1 unspecified atom stereocenters. The second kappa shape index (κ2) is 5.20. The Labute approximate surface area is 142 Å². The maximum absolute atomic E-state index is 13.1. The summed E-state index contributed by atoms with van der Waals surface area (Å²) in [4.78, 5) is 23.4. The molecule has 4 nitrogen and oxygen atoms in total. The highest BCUT2D eigenvalue weighted by Crippen LogP contribution is 2.65. The van der Waals surface area contributed by atoms with Crippen LogP contribution in [0.1, 0.15) is 50.4 Å². The standard InChI is InChI=1S/C20H23N3O/c24-19(20-10-14(11-20)12-20)23-9-5-4-8-17(23)18-21-13-16(22-18)15-6-2-1-3-7-15/h1-3,6-7,13-14,17H,4-5,8-12H2,(H,21,22). The van der Waals surface area contributed by atoms with Crippen LogP contribution in [-0.4, -0.2) is 27.3 Å². The Kier molecular flexibility index (Phi) is 3.09. The largest absolute Gasteiger partial charge is 0.346 e. The van der Waals surface area contributed by atoms with E-state index in [2.05, 4.69) is 22.0 Å². The Hall–Kier alpha value is -2.10. The van der Waals surface area contributed by atoms with Crippen LogP contribution in [0.4, 0.5) is 0 Å². The predicted molar refractivity (Wildman–Crippen MR) is 92.1 cm³/mol. The number of nitrogens with one attached hydrogen (secondary N) is 1. The van der Waals surface area contributed by atoms with Crippen molar-refractivity contribution in [2.45, 2.75) is 44.6 Å². The number of rotatable bonds is 3. The Morgan fingerprint density at radius 2 is 1.96 bits per heavy atom. The van der Waals surface area contributed by atoms with Crippen LogP contribution in [0.25, 0.3) is 11.3 Å². The van der Waals surface area contributed by atoms with Gasteiger partial charge in [0.2, 0.25) is 5.91 Å². The van der Waals surface area contributed by atoms with Gasteiger partial charge in [-0.05, 0) is 44.4 Å². The van der Waals surface area contributed by atoms with Crippen molar-refractivity contribution in [1.29, 1.82) is 0 Å². The van der Waals surface area contributed by atoms with Crippen molar-refractivity contribution in [3.05, 3.63) is 42.4 Å². The lowest BCUT2D eigenvalue weighted by molar-refractivity contribution is -0.181. The van der Waals surface area contributed by atoms with Crippen LogP contribution >= 0.6 is 0 Å². The summed E-state index contributed by atoms with van der Waals surface area (Å²) in [6, 6.07) is 10.4. The first-order valence-electron chi connectivity index (χ1n) is 9.17. The summed E-state index contributed by atoms with van der Waals surface area (Å²) in [5.41, 5.74) is 2.09. The van der Waals surface area contributed by atoms with Crippen LogP contribution in [-0.2, 0) is 4.79 Å². The molecule has 1 aliphatic heterocycles. The lowest BCUT2D eigenvalue weighted by Crippen LogP contribution is -2.62. The predicted octanol–water partition coefficient (Wildman–Crippen LogP) is 3.93. The highest BCUT2D eigenvalue weighted by Gasteiger charge is 2.62. The number of hydrogen-bond acceptors (Lipinski definition) is 2. The molecule has 2 heterocycles. The molecular formula is C20H23N3O. The molecular weight excluding hydrogens is 298 g/mol. The monoisotopic (exact) mass is 321 g/mol. The number of H-pyrrole nitrogens is 1. The molecule has 6 rings (SSSR count). The minimum atomic E-state index is 0.00904. The van der Waals surface area contributed by atoms with Gasteiger partial charge in [-0.1, -0.05) is 30.3 Å². The smallest absolute Gasteiger partial charge is 0.229 e. The molecule has 1 aromatic heterocycles. The van der Waals surface area contributed by atoms with E-state index < -0.39 is 0 Å². The van der Waals surface area contributed by atoms with Crippen LogP contribution in [0, 0.1) is 11.3 Å². The lowest BCUT2D eigenvalue weighted by Gasteiger charge is -2.62. The molecule has 3 saturated carbocycles. The van der Waals surface area contributed by atoms with Crippen molar-refractivity contribution in [3.8, 4) is 11.3 Å². The van der Waals surface area contributed by atoms with E-state index in [-0.39, 0.29) is 11.5 Å². The molecule has 3 aliphatic carbocycles.